The maximum Gasteiger partial charge on any atom is 0.162 e. The molecule has 0 radical (unpaired) electrons. The van der Waals surface area contributed by atoms with Gasteiger partial charge in [0.05, 0.1) is 6.10 Å². The van der Waals surface area contributed by atoms with Gasteiger partial charge in [-0.1, -0.05) is 19.9 Å². The van der Waals surface area contributed by atoms with Gasteiger partial charge >= 0.3 is 0 Å². The zero-order valence-electron chi connectivity index (χ0n) is 16.5. The van der Waals surface area contributed by atoms with E-state index < -0.39 is 46.9 Å². The molecule has 8 atom stereocenters. The molecule has 4 aliphatic rings. The number of hydrogen-bond acceptors (Lipinski definition) is 4. The lowest BCUT2D eigenvalue weighted by Crippen LogP contribution is -2.66. The van der Waals surface area contributed by atoms with Crippen molar-refractivity contribution in [3.05, 3.63) is 23.6 Å². The Morgan fingerprint density at radius 1 is 1.32 bits per heavy atom. The lowest BCUT2D eigenvalue weighted by molar-refractivity contribution is -0.192. The fourth-order valence-corrected chi connectivity index (χ4v) is 7.33. The predicted octanol–water partition coefficient (Wildman–Crippen LogP) is 3.08. The Morgan fingerprint density at radius 2 is 2.00 bits per heavy atom. The third-order valence-electron chi connectivity index (χ3n) is 8.50. The summed E-state index contributed by atoms with van der Waals surface area (Å²) in [7, 11) is 0. The van der Waals surface area contributed by atoms with Crippen molar-refractivity contribution in [3.63, 3.8) is 0 Å². The summed E-state index contributed by atoms with van der Waals surface area (Å²) < 4.78 is 32.0. The molecule has 0 amide bonds. The average molecular weight is 394 g/mol. The number of aliphatic hydroxyl groups excluding tert-OH is 2. The van der Waals surface area contributed by atoms with Crippen LogP contribution in [-0.4, -0.2) is 40.2 Å². The minimum absolute atomic E-state index is 0.0751. The van der Waals surface area contributed by atoms with Crippen LogP contribution in [0.1, 0.15) is 46.5 Å². The number of aliphatic hydroxyl groups is 2. The van der Waals surface area contributed by atoms with Gasteiger partial charge in [0, 0.05) is 30.1 Å². The predicted molar refractivity (Wildman–Crippen MR) is 98.5 cm³/mol. The molecule has 28 heavy (non-hydrogen) atoms. The van der Waals surface area contributed by atoms with Gasteiger partial charge < -0.3 is 10.2 Å². The summed E-state index contributed by atoms with van der Waals surface area (Å²) in [5.74, 6) is -2.64. The second-order valence-electron chi connectivity index (χ2n) is 9.79. The van der Waals surface area contributed by atoms with Crippen molar-refractivity contribution in [3.8, 4) is 0 Å². The van der Waals surface area contributed by atoms with E-state index in [-0.39, 0.29) is 48.2 Å². The third-order valence-corrected chi connectivity index (χ3v) is 8.50. The van der Waals surface area contributed by atoms with E-state index in [1.165, 1.54) is 12.2 Å². The number of Topliss-reactive ketones (excluding diaryl/α,β-unsaturated/α-hetero) is 1. The van der Waals surface area contributed by atoms with Crippen molar-refractivity contribution in [2.24, 2.45) is 34.5 Å². The molecule has 2 fully saturated rings. The van der Waals surface area contributed by atoms with Crippen LogP contribution < -0.4 is 0 Å². The van der Waals surface area contributed by atoms with E-state index in [0.717, 1.165) is 0 Å². The average Bonchev–Trinajstić information content (AvgIpc) is 2.89. The summed E-state index contributed by atoms with van der Waals surface area (Å²) in [5, 5.41) is 20.5. The number of ketones is 2. The minimum Gasteiger partial charge on any atom is -0.390 e. The maximum absolute atomic E-state index is 16.8. The minimum atomic E-state index is -2.10. The molecule has 0 saturated heterocycles. The quantitative estimate of drug-likeness (QED) is 0.755. The summed E-state index contributed by atoms with van der Waals surface area (Å²) >= 11 is 0. The first-order valence-electron chi connectivity index (χ1n) is 10.1. The zero-order valence-corrected chi connectivity index (χ0v) is 16.5. The monoisotopic (exact) mass is 394 g/mol. The van der Waals surface area contributed by atoms with Crippen molar-refractivity contribution in [1.82, 2.24) is 0 Å². The van der Waals surface area contributed by atoms with Gasteiger partial charge in [-0.3, -0.25) is 9.59 Å². The van der Waals surface area contributed by atoms with E-state index in [1.807, 2.05) is 13.8 Å². The van der Waals surface area contributed by atoms with Gasteiger partial charge in [0.25, 0.3) is 0 Å². The van der Waals surface area contributed by atoms with Gasteiger partial charge in [-0.05, 0) is 48.7 Å². The summed E-state index contributed by atoms with van der Waals surface area (Å²) in [4.78, 5) is 24.3. The maximum atomic E-state index is 16.8. The summed E-state index contributed by atoms with van der Waals surface area (Å²) in [6.07, 6.45) is 1.66. The van der Waals surface area contributed by atoms with E-state index >= 15 is 8.78 Å². The molecule has 154 valence electrons. The smallest absolute Gasteiger partial charge is 0.162 e. The first-order valence-corrected chi connectivity index (χ1v) is 10.1. The van der Waals surface area contributed by atoms with Gasteiger partial charge in [-0.2, -0.15) is 0 Å². The molecule has 0 bridgehead atoms. The van der Waals surface area contributed by atoms with Crippen molar-refractivity contribution >= 4 is 11.6 Å². The van der Waals surface area contributed by atoms with Gasteiger partial charge in [0.15, 0.2) is 17.2 Å². The molecule has 2 saturated carbocycles. The Kier molecular flexibility index (Phi) is 4.30. The molecule has 0 aliphatic heterocycles. The zero-order chi connectivity index (χ0) is 20.6. The number of rotatable bonds is 2. The number of halogens is 2. The van der Waals surface area contributed by atoms with Crippen LogP contribution in [0.25, 0.3) is 0 Å². The molecule has 4 rings (SSSR count). The van der Waals surface area contributed by atoms with Crippen LogP contribution in [0, 0.1) is 34.5 Å². The summed E-state index contributed by atoms with van der Waals surface area (Å²) in [6.45, 7) is 4.79. The Bertz CT molecular complexity index is 804. The largest absolute Gasteiger partial charge is 0.390 e. The molecule has 6 heteroatoms. The molecule has 0 heterocycles. The van der Waals surface area contributed by atoms with Crippen LogP contribution in [0.2, 0.25) is 0 Å². The fraction of sp³-hybridized carbons (Fsp3) is 0.727. The van der Waals surface area contributed by atoms with Gasteiger partial charge in [-0.15, -0.1) is 0 Å². The van der Waals surface area contributed by atoms with Gasteiger partial charge in [0.1, 0.15) is 12.4 Å². The van der Waals surface area contributed by atoms with Crippen molar-refractivity contribution in [2.45, 2.75) is 58.2 Å². The van der Waals surface area contributed by atoms with Crippen molar-refractivity contribution in [2.75, 3.05) is 6.61 Å². The number of fused-ring (bicyclic) bond motifs is 5. The normalized spacial score (nSPS) is 50.2. The van der Waals surface area contributed by atoms with E-state index in [0.29, 0.717) is 6.42 Å². The Labute approximate surface area is 163 Å². The molecule has 2 N–H and O–H groups in total. The highest BCUT2D eigenvalue weighted by Crippen LogP contribution is 2.70. The number of allylic oxidation sites excluding steroid dienone is 4. The van der Waals surface area contributed by atoms with Crippen molar-refractivity contribution < 1.29 is 28.6 Å². The first-order chi connectivity index (χ1) is 13.0. The molecule has 4 nitrogen and oxygen atoms in total. The molecule has 0 spiro atoms. The first kappa shape index (κ1) is 19.9. The summed E-state index contributed by atoms with van der Waals surface area (Å²) in [6, 6.07) is 0. The van der Waals surface area contributed by atoms with Gasteiger partial charge in [0.2, 0.25) is 0 Å². The van der Waals surface area contributed by atoms with E-state index in [2.05, 4.69) is 0 Å². The van der Waals surface area contributed by atoms with E-state index in [1.54, 1.807) is 6.92 Å². The van der Waals surface area contributed by atoms with Crippen LogP contribution >= 0.6 is 0 Å². The Balaban J connectivity index is 1.85. The standard InChI is InChI=1S/C22H28F2O4/c1-11-6-13-14-8-16(23)15-7-12(26)4-5-21(15,3)22(14,24)18(28)9-20(13,2)19(11)17(27)10-25/h4-5,11,13-14,18-19,25,28H,6-10H2,1-3H3/t11-,13?,14?,18+,19?,20+,21+,22+/m1/s1. The highest BCUT2D eigenvalue weighted by molar-refractivity contribution is 5.93. The van der Waals surface area contributed by atoms with Gasteiger partial charge in [-0.25, -0.2) is 8.78 Å². The number of carbonyl (C=O) groups is 2. The molecule has 3 unspecified atom stereocenters. The van der Waals surface area contributed by atoms with E-state index in [9.17, 15) is 19.8 Å². The SMILES string of the molecule is C[C@@H]1CC2C3CC(F)=C4CC(=O)C=C[C@]4(C)[C@@]3(F)[C@@H](O)C[C@]2(C)C1C(=O)CO. The molecular formula is C22H28F2O4. The van der Waals surface area contributed by atoms with Crippen LogP contribution in [0.5, 0.6) is 0 Å². The van der Waals surface area contributed by atoms with Crippen LogP contribution in [-0.2, 0) is 9.59 Å². The molecule has 4 aliphatic carbocycles. The van der Waals surface area contributed by atoms with Crippen LogP contribution in [0.4, 0.5) is 8.78 Å². The highest BCUT2D eigenvalue weighted by atomic mass is 19.1. The number of carbonyl (C=O) groups excluding carboxylic acids is 2. The second kappa shape index (κ2) is 6.05. The third kappa shape index (κ3) is 2.22. The molecule has 0 aromatic heterocycles. The second-order valence-corrected chi connectivity index (χ2v) is 9.79. The van der Waals surface area contributed by atoms with Crippen LogP contribution in [0.3, 0.4) is 0 Å². The highest BCUT2D eigenvalue weighted by Gasteiger charge is 2.72. The number of hydrogen-bond donors (Lipinski definition) is 2. The summed E-state index contributed by atoms with van der Waals surface area (Å²) in [5.41, 5.74) is -4.02. The van der Waals surface area contributed by atoms with Crippen LogP contribution in [0.15, 0.2) is 23.6 Å². The Morgan fingerprint density at radius 3 is 2.64 bits per heavy atom. The molecule has 0 aromatic carbocycles. The fourth-order valence-electron chi connectivity index (χ4n) is 7.33. The van der Waals surface area contributed by atoms with E-state index in [4.69, 9.17) is 0 Å². The topological polar surface area (TPSA) is 74.6 Å². The molecular weight excluding hydrogens is 366 g/mol. The Hall–Kier alpha value is -1.40. The number of alkyl halides is 1. The lowest BCUT2D eigenvalue weighted by Gasteiger charge is -2.61. The lowest BCUT2D eigenvalue weighted by atomic mass is 9.45. The molecule has 0 aromatic rings. The van der Waals surface area contributed by atoms with Crippen molar-refractivity contribution in [1.29, 1.82) is 0 Å².